The fourth-order valence-electron chi connectivity index (χ4n) is 2.17. The first-order chi connectivity index (χ1) is 9.22. The topological polar surface area (TPSA) is 93.5 Å². The molecule has 4 unspecified atom stereocenters. The van der Waals surface area contributed by atoms with Crippen LogP contribution in [-0.2, 0) is 9.47 Å². The fraction of sp³-hybridized carbons (Fsp3) is 0.636. The molecule has 2 N–H and O–H groups in total. The van der Waals surface area contributed by atoms with Crippen LogP contribution in [0.25, 0.3) is 0 Å². The first-order valence-corrected chi connectivity index (χ1v) is 6.14. The van der Waals surface area contributed by atoms with Crippen molar-refractivity contribution in [1.82, 2.24) is 9.55 Å². The van der Waals surface area contributed by atoms with Gasteiger partial charge in [0.15, 0.2) is 6.23 Å². The predicted octanol–water partition coefficient (Wildman–Crippen LogP) is -0.264. The number of nitrogens with one attached hydrogen (secondary N) is 1. The number of aliphatic hydroxyl groups is 1. The van der Waals surface area contributed by atoms with Crippen molar-refractivity contribution in [2.24, 2.45) is 0 Å². The van der Waals surface area contributed by atoms with E-state index in [1.807, 2.05) is 4.98 Å². The van der Waals surface area contributed by atoms with Crippen LogP contribution >= 0.6 is 11.6 Å². The molecular formula is C11H14ClFN2O5. The lowest BCUT2D eigenvalue weighted by atomic mass is 9.99. The number of methoxy groups -OCH3 is 1. The fourth-order valence-corrected chi connectivity index (χ4v) is 2.48. The standard InChI is InChI=1S/C11H14ClFN2O5/c1-10(12)7(17)11(13,5-19-2)20-8(10)15-4-3-6(16)14-9(15)18/h3-4,7-8,17H,5H2,1-2H3,(H,14,16,18). The summed E-state index contributed by atoms with van der Waals surface area (Å²) in [5, 5.41) is 9.99. The molecule has 1 aromatic heterocycles. The van der Waals surface area contributed by atoms with Crippen LogP contribution in [0.3, 0.4) is 0 Å². The summed E-state index contributed by atoms with van der Waals surface area (Å²) in [6.45, 7) is 0.781. The minimum Gasteiger partial charge on any atom is -0.385 e. The van der Waals surface area contributed by atoms with Crippen molar-refractivity contribution < 1.29 is 19.0 Å². The number of alkyl halides is 2. The summed E-state index contributed by atoms with van der Waals surface area (Å²) >= 11 is 6.13. The van der Waals surface area contributed by atoms with Crippen molar-refractivity contribution in [3.05, 3.63) is 33.1 Å². The van der Waals surface area contributed by atoms with E-state index in [0.717, 1.165) is 16.8 Å². The molecule has 2 heterocycles. The quantitative estimate of drug-likeness (QED) is 0.750. The number of H-pyrrole nitrogens is 1. The third-order valence-corrected chi connectivity index (χ3v) is 3.57. The maximum Gasteiger partial charge on any atom is 0.330 e. The van der Waals surface area contributed by atoms with Gasteiger partial charge in [-0.25, -0.2) is 9.18 Å². The molecule has 1 fully saturated rings. The van der Waals surface area contributed by atoms with E-state index in [0.29, 0.717) is 0 Å². The van der Waals surface area contributed by atoms with Crippen molar-refractivity contribution in [1.29, 1.82) is 0 Å². The van der Waals surface area contributed by atoms with Gasteiger partial charge in [0.2, 0.25) is 0 Å². The molecule has 0 saturated carbocycles. The van der Waals surface area contributed by atoms with Crippen LogP contribution < -0.4 is 11.2 Å². The van der Waals surface area contributed by atoms with Gasteiger partial charge in [0.05, 0.1) is 0 Å². The van der Waals surface area contributed by atoms with Crippen LogP contribution in [0.1, 0.15) is 13.2 Å². The summed E-state index contributed by atoms with van der Waals surface area (Å²) in [6.07, 6.45) is -1.90. The summed E-state index contributed by atoms with van der Waals surface area (Å²) in [6, 6.07) is 1.07. The molecule has 0 bridgehead atoms. The van der Waals surface area contributed by atoms with Crippen molar-refractivity contribution in [3.8, 4) is 0 Å². The van der Waals surface area contributed by atoms with Gasteiger partial charge in [-0.1, -0.05) is 0 Å². The Labute approximate surface area is 117 Å². The number of aromatic nitrogens is 2. The highest BCUT2D eigenvalue weighted by Gasteiger charge is 2.62. The van der Waals surface area contributed by atoms with Crippen LogP contribution in [0.5, 0.6) is 0 Å². The smallest absolute Gasteiger partial charge is 0.330 e. The summed E-state index contributed by atoms with van der Waals surface area (Å²) < 4.78 is 25.1. The molecule has 2 rings (SSSR count). The molecule has 0 aromatic carbocycles. The Morgan fingerprint density at radius 2 is 2.30 bits per heavy atom. The van der Waals surface area contributed by atoms with Crippen molar-refractivity contribution in [2.45, 2.75) is 30.0 Å². The zero-order valence-corrected chi connectivity index (χ0v) is 11.6. The monoisotopic (exact) mass is 308 g/mol. The SMILES string of the molecule is COCC1(F)OC(n2ccc(=O)[nH]c2=O)C(C)(Cl)C1O. The minimum atomic E-state index is -2.55. The zero-order chi connectivity index (χ0) is 15.1. The highest BCUT2D eigenvalue weighted by molar-refractivity contribution is 6.24. The Bertz CT molecular complexity index is 615. The maximum absolute atomic E-state index is 14.5. The maximum atomic E-state index is 14.5. The average Bonchev–Trinajstić information content (AvgIpc) is 2.51. The average molecular weight is 309 g/mol. The molecule has 1 aromatic rings. The predicted molar refractivity (Wildman–Crippen MR) is 67.4 cm³/mol. The number of hydrogen-bond acceptors (Lipinski definition) is 5. The summed E-state index contributed by atoms with van der Waals surface area (Å²) in [4.78, 5) is 23.1. The molecule has 1 aliphatic rings. The van der Waals surface area contributed by atoms with Crippen LogP contribution in [0.15, 0.2) is 21.9 Å². The molecule has 0 aliphatic carbocycles. The molecule has 0 amide bonds. The normalized spacial score (nSPS) is 37.2. The van der Waals surface area contributed by atoms with E-state index in [2.05, 4.69) is 4.74 Å². The highest BCUT2D eigenvalue weighted by atomic mass is 35.5. The number of aliphatic hydroxyl groups excluding tert-OH is 1. The second-order valence-corrected chi connectivity index (χ2v) is 5.57. The van der Waals surface area contributed by atoms with E-state index in [1.54, 1.807) is 0 Å². The highest BCUT2D eigenvalue weighted by Crippen LogP contribution is 2.48. The van der Waals surface area contributed by atoms with Gasteiger partial charge in [-0.2, -0.15) is 0 Å². The lowest BCUT2D eigenvalue weighted by Crippen LogP contribution is -2.46. The van der Waals surface area contributed by atoms with Gasteiger partial charge in [0.25, 0.3) is 11.4 Å². The second-order valence-electron chi connectivity index (χ2n) is 4.76. The van der Waals surface area contributed by atoms with Gasteiger partial charge in [0, 0.05) is 19.4 Å². The van der Waals surface area contributed by atoms with Crippen LogP contribution in [0.2, 0.25) is 0 Å². The zero-order valence-electron chi connectivity index (χ0n) is 10.8. The van der Waals surface area contributed by atoms with Crippen molar-refractivity contribution >= 4 is 11.6 Å². The Balaban J connectivity index is 2.47. The first-order valence-electron chi connectivity index (χ1n) is 5.76. The van der Waals surface area contributed by atoms with Gasteiger partial charge in [-0.05, 0) is 6.92 Å². The van der Waals surface area contributed by atoms with E-state index in [9.17, 15) is 19.1 Å². The van der Waals surface area contributed by atoms with Crippen molar-refractivity contribution in [2.75, 3.05) is 13.7 Å². The molecule has 112 valence electrons. The van der Waals surface area contributed by atoms with Gasteiger partial charge in [0.1, 0.15) is 17.6 Å². The van der Waals surface area contributed by atoms with Gasteiger partial charge in [-0.3, -0.25) is 14.3 Å². The number of rotatable bonds is 3. The molecule has 9 heteroatoms. The Morgan fingerprint density at radius 1 is 1.65 bits per heavy atom. The number of ether oxygens (including phenoxy) is 2. The van der Waals surface area contributed by atoms with E-state index in [-0.39, 0.29) is 0 Å². The third-order valence-electron chi connectivity index (χ3n) is 3.18. The number of halogens is 2. The third kappa shape index (κ3) is 2.28. The van der Waals surface area contributed by atoms with Crippen LogP contribution in [0.4, 0.5) is 4.39 Å². The number of nitrogens with zero attached hydrogens (tertiary/aromatic N) is 1. The molecule has 0 radical (unpaired) electrons. The van der Waals surface area contributed by atoms with E-state index in [4.69, 9.17) is 16.3 Å². The summed E-state index contributed by atoms with van der Waals surface area (Å²) in [5.41, 5.74) is -1.42. The largest absolute Gasteiger partial charge is 0.385 e. The summed E-state index contributed by atoms with van der Waals surface area (Å²) in [7, 11) is 1.24. The first kappa shape index (κ1) is 15.2. The van der Waals surface area contributed by atoms with Gasteiger partial charge in [-0.15, -0.1) is 11.6 Å². The van der Waals surface area contributed by atoms with Crippen molar-refractivity contribution in [3.63, 3.8) is 0 Å². The van der Waals surface area contributed by atoms with Gasteiger partial charge < -0.3 is 14.6 Å². The second kappa shape index (κ2) is 4.96. The summed E-state index contributed by atoms with van der Waals surface area (Å²) in [5.74, 6) is -2.55. The Morgan fingerprint density at radius 3 is 2.85 bits per heavy atom. The minimum absolute atomic E-state index is 0.551. The molecule has 20 heavy (non-hydrogen) atoms. The van der Waals surface area contributed by atoms with Gasteiger partial charge >= 0.3 is 5.69 Å². The number of hydrogen-bond donors (Lipinski definition) is 2. The molecular weight excluding hydrogens is 295 g/mol. The Hall–Kier alpha value is -1.22. The van der Waals surface area contributed by atoms with E-state index < -0.39 is 40.9 Å². The number of aromatic amines is 1. The lowest BCUT2D eigenvalue weighted by molar-refractivity contribution is -0.211. The molecule has 4 atom stereocenters. The van der Waals surface area contributed by atoms with Crippen LogP contribution in [-0.4, -0.2) is 45.2 Å². The molecule has 1 aliphatic heterocycles. The van der Waals surface area contributed by atoms with E-state index in [1.165, 1.54) is 14.0 Å². The molecule has 1 saturated heterocycles. The van der Waals surface area contributed by atoms with Crippen LogP contribution in [0, 0.1) is 0 Å². The Kier molecular flexibility index (Phi) is 3.76. The van der Waals surface area contributed by atoms with E-state index >= 15 is 0 Å². The molecule has 7 nitrogen and oxygen atoms in total. The molecule has 0 spiro atoms. The lowest BCUT2D eigenvalue weighted by Gasteiger charge is -2.26.